The van der Waals surface area contributed by atoms with Gasteiger partial charge in [-0.25, -0.2) is 8.42 Å². The van der Waals surface area contributed by atoms with Crippen molar-refractivity contribution in [1.82, 2.24) is 4.31 Å². The molecule has 7 nitrogen and oxygen atoms in total. The lowest BCUT2D eigenvalue weighted by Crippen LogP contribution is -2.35. The van der Waals surface area contributed by atoms with Gasteiger partial charge in [0.1, 0.15) is 11.5 Å². The standard InChI is InChI=1S/C19H23ClN2O5S/c1-5-27-17-9-7-15(10-13(17)2)28(24,25)22(3)12-19(23)21-14-6-8-18(26-4)16(20)11-14/h6-11H,5,12H2,1-4H3,(H,21,23). The molecular weight excluding hydrogens is 404 g/mol. The van der Waals surface area contributed by atoms with E-state index in [2.05, 4.69) is 5.32 Å². The maximum absolute atomic E-state index is 12.7. The van der Waals surface area contributed by atoms with Crippen LogP contribution in [0.4, 0.5) is 5.69 Å². The Hall–Kier alpha value is -2.29. The number of nitrogens with one attached hydrogen (secondary N) is 1. The van der Waals surface area contributed by atoms with Crippen LogP contribution in [0.1, 0.15) is 12.5 Å². The number of hydrogen-bond donors (Lipinski definition) is 1. The van der Waals surface area contributed by atoms with E-state index in [9.17, 15) is 13.2 Å². The fourth-order valence-corrected chi connectivity index (χ4v) is 3.98. The van der Waals surface area contributed by atoms with Crippen LogP contribution in [0.2, 0.25) is 5.02 Å². The monoisotopic (exact) mass is 426 g/mol. The number of benzene rings is 2. The van der Waals surface area contributed by atoms with Gasteiger partial charge in [-0.05, 0) is 55.8 Å². The molecule has 0 aromatic heterocycles. The zero-order valence-electron chi connectivity index (χ0n) is 16.2. The predicted octanol–water partition coefficient (Wildman–Crippen LogP) is 3.31. The number of hydrogen-bond acceptors (Lipinski definition) is 5. The number of aryl methyl sites for hydroxylation is 1. The van der Waals surface area contributed by atoms with E-state index in [0.717, 1.165) is 4.31 Å². The molecule has 0 aliphatic heterocycles. The second kappa shape index (κ2) is 9.27. The molecule has 0 spiro atoms. The van der Waals surface area contributed by atoms with Gasteiger partial charge < -0.3 is 14.8 Å². The van der Waals surface area contributed by atoms with E-state index >= 15 is 0 Å². The van der Waals surface area contributed by atoms with E-state index in [-0.39, 0.29) is 11.4 Å². The summed E-state index contributed by atoms with van der Waals surface area (Å²) >= 11 is 6.03. The first-order chi connectivity index (χ1) is 13.2. The van der Waals surface area contributed by atoms with Crippen molar-refractivity contribution in [3.05, 3.63) is 47.0 Å². The summed E-state index contributed by atoms with van der Waals surface area (Å²) in [7, 11) is -0.992. The average molecular weight is 427 g/mol. The van der Waals surface area contributed by atoms with Crippen molar-refractivity contribution in [2.24, 2.45) is 0 Å². The predicted molar refractivity (Wildman–Crippen MR) is 109 cm³/mol. The van der Waals surface area contributed by atoms with Crippen molar-refractivity contribution in [2.45, 2.75) is 18.7 Å². The molecule has 0 radical (unpaired) electrons. The van der Waals surface area contributed by atoms with Crippen molar-refractivity contribution in [3.63, 3.8) is 0 Å². The van der Waals surface area contributed by atoms with E-state index in [0.29, 0.717) is 34.4 Å². The van der Waals surface area contributed by atoms with Crippen LogP contribution in [0.25, 0.3) is 0 Å². The molecule has 0 bridgehead atoms. The third-order valence-corrected chi connectivity index (χ3v) is 6.05. The summed E-state index contributed by atoms with van der Waals surface area (Å²) in [4.78, 5) is 12.4. The molecule has 0 aliphatic rings. The average Bonchev–Trinajstić information content (AvgIpc) is 2.63. The highest BCUT2D eigenvalue weighted by Gasteiger charge is 2.24. The van der Waals surface area contributed by atoms with E-state index in [1.807, 2.05) is 6.92 Å². The lowest BCUT2D eigenvalue weighted by molar-refractivity contribution is -0.116. The van der Waals surface area contributed by atoms with Crippen molar-refractivity contribution in [3.8, 4) is 11.5 Å². The minimum Gasteiger partial charge on any atom is -0.495 e. The number of ether oxygens (including phenoxy) is 2. The molecule has 0 aliphatic carbocycles. The lowest BCUT2D eigenvalue weighted by atomic mass is 10.2. The third-order valence-electron chi connectivity index (χ3n) is 3.96. The topological polar surface area (TPSA) is 84.9 Å². The normalized spacial score (nSPS) is 11.4. The number of methoxy groups -OCH3 is 1. The highest BCUT2D eigenvalue weighted by molar-refractivity contribution is 7.89. The van der Waals surface area contributed by atoms with Crippen LogP contribution in [0.3, 0.4) is 0 Å². The molecule has 1 amide bonds. The molecule has 9 heteroatoms. The van der Waals surface area contributed by atoms with Gasteiger partial charge in [0.25, 0.3) is 0 Å². The maximum atomic E-state index is 12.7. The number of nitrogens with zero attached hydrogens (tertiary/aromatic N) is 1. The molecule has 0 fully saturated rings. The van der Waals surface area contributed by atoms with Gasteiger partial charge >= 0.3 is 0 Å². The second-order valence-corrected chi connectivity index (χ2v) is 8.47. The van der Waals surface area contributed by atoms with E-state index in [1.165, 1.54) is 32.4 Å². The summed E-state index contributed by atoms with van der Waals surface area (Å²) in [5.74, 6) is 0.610. The Morgan fingerprint density at radius 1 is 1.18 bits per heavy atom. The Morgan fingerprint density at radius 2 is 1.86 bits per heavy atom. The fourth-order valence-electron chi connectivity index (χ4n) is 2.51. The number of amides is 1. The quantitative estimate of drug-likeness (QED) is 0.699. The molecule has 0 saturated heterocycles. The van der Waals surface area contributed by atoms with Gasteiger partial charge in [0.05, 0.1) is 30.2 Å². The van der Waals surface area contributed by atoms with E-state index < -0.39 is 15.9 Å². The molecule has 152 valence electrons. The molecule has 28 heavy (non-hydrogen) atoms. The molecule has 0 heterocycles. The minimum absolute atomic E-state index is 0.0937. The molecule has 0 atom stereocenters. The number of likely N-dealkylation sites (N-methyl/N-ethyl adjacent to an activating group) is 1. The van der Waals surface area contributed by atoms with Crippen LogP contribution >= 0.6 is 11.6 Å². The first kappa shape index (κ1) is 22.0. The summed E-state index contributed by atoms with van der Waals surface area (Å²) in [5, 5.41) is 2.96. The highest BCUT2D eigenvalue weighted by Crippen LogP contribution is 2.27. The first-order valence-corrected chi connectivity index (χ1v) is 10.3. The maximum Gasteiger partial charge on any atom is 0.243 e. The Morgan fingerprint density at radius 3 is 2.43 bits per heavy atom. The van der Waals surface area contributed by atoms with Crippen molar-refractivity contribution >= 4 is 33.2 Å². The molecule has 1 N–H and O–H groups in total. The molecule has 0 unspecified atom stereocenters. The number of carbonyl (C=O) groups excluding carboxylic acids is 1. The van der Waals surface area contributed by atoms with Crippen LogP contribution in [-0.2, 0) is 14.8 Å². The number of sulfonamides is 1. The van der Waals surface area contributed by atoms with Gasteiger partial charge in [-0.1, -0.05) is 11.6 Å². The Balaban J connectivity index is 2.10. The van der Waals surface area contributed by atoms with Gasteiger partial charge in [0.15, 0.2) is 0 Å². The summed E-state index contributed by atoms with van der Waals surface area (Å²) in [6.07, 6.45) is 0. The number of anilines is 1. The molecular formula is C19H23ClN2O5S. The Kier molecular flexibility index (Phi) is 7.29. The zero-order valence-corrected chi connectivity index (χ0v) is 17.7. The summed E-state index contributed by atoms with van der Waals surface area (Å²) in [6.45, 7) is 3.76. The van der Waals surface area contributed by atoms with Gasteiger partial charge in [-0.3, -0.25) is 4.79 Å². The third kappa shape index (κ3) is 5.15. The van der Waals surface area contributed by atoms with Crippen molar-refractivity contribution in [1.29, 1.82) is 0 Å². The highest BCUT2D eigenvalue weighted by atomic mass is 35.5. The number of halogens is 1. The SMILES string of the molecule is CCOc1ccc(S(=O)(=O)N(C)CC(=O)Nc2ccc(OC)c(Cl)c2)cc1C. The van der Waals surface area contributed by atoms with Gasteiger partial charge in [-0.15, -0.1) is 0 Å². The first-order valence-electron chi connectivity index (χ1n) is 8.52. The number of carbonyl (C=O) groups is 1. The second-order valence-electron chi connectivity index (χ2n) is 6.02. The van der Waals surface area contributed by atoms with Crippen LogP contribution < -0.4 is 14.8 Å². The molecule has 2 aromatic rings. The van der Waals surface area contributed by atoms with Gasteiger partial charge in [0, 0.05) is 12.7 Å². The van der Waals surface area contributed by atoms with Gasteiger partial charge in [0.2, 0.25) is 15.9 Å². The summed E-state index contributed by atoms with van der Waals surface area (Å²) in [5.41, 5.74) is 1.15. The van der Waals surface area contributed by atoms with Crippen LogP contribution in [0, 0.1) is 6.92 Å². The molecule has 2 rings (SSSR count). The minimum atomic E-state index is -3.83. The Bertz CT molecular complexity index is 963. The fraction of sp³-hybridized carbons (Fsp3) is 0.316. The van der Waals surface area contributed by atoms with Crippen molar-refractivity contribution in [2.75, 3.05) is 32.6 Å². The van der Waals surface area contributed by atoms with E-state index in [4.69, 9.17) is 21.1 Å². The van der Waals surface area contributed by atoms with E-state index in [1.54, 1.807) is 25.1 Å². The van der Waals surface area contributed by atoms with Crippen LogP contribution in [0.15, 0.2) is 41.3 Å². The largest absolute Gasteiger partial charge is 0.495 e. The smallest absolute Gasteiger partial charge is 0.243 e. The Labute approximate surface area is 170 Å². The molecule has 0 saturated carbocycles. The summed E-state index contributed by atoms with van der Waals surface area (Å²) < 4.78 is 37.0. The van der Waals surface area contributed by atoms with Crippen LogP contribution in [-0.4, -0.2) is 45.9 Å². The van der Waals surface area contributed by atoms with Gasteiger partial charge in [-0.2, -0.15) is 4.31 Å². The number of rotatable bonds is 8. The lowest BCUT2D eigenvalue weighted by Gasteiger charge is -2.18. The molecule has 2 aromatic carbocycles. The summed E-state index contributed by atoms with van der Waals surface area (Å²) in [6, 6.07) is 9.36. The zero-order chi connectivity index (χ0) is 20.9. The van der Waals surface area contributed by atoms with Crippen LogP contribution in [0.5, 0.6) is 11.5 Å². The van der Waals surface area contributed by atoms with Crippen molar-refractivity contribution < 1.29 is 22.7 Å².